The summed E-state index contributed by atoms with van der Waals surface area (Å²) >= 11 is 12.8. The second kappa shape index (κ2) is 9.26. The molecule has 0 fully saturated rings. The lowest BCUT2D eigenvalue weighted by atomic mass is 10.1. The smallest absolute Gasteiger partial charge is 0.234 e. The summed E-state index contributed by atoms with van der Waals surface area (Å²) < 4.78 is 87.8. The van der Waals surface area contributed by atoms with E-state index in [1.54, 1.807) is 12.3 Å². The van der Waals surface area contributed by atoms with E-state index in [1.165, 1.54) is 28.2 Å². The molecule has 5 nitrogen and oxygen atoms in total. The summed E-state index contributed by atoms with van der Waals surface area (Å²) in [4.78, 5) is 12.4. The molecule has 0 aliphatic heterocycles. The molecule has 0 aliphatic carbocycles. The van der Waals surface area contributed by atoms with Crippen LogP contribution in [0.2, 0.25) is 10.0 Å². The van der Waals surface area contributed by atoms with Gasteiger partial charge >= 0.3 is 0 Å². The van der Waals surface area contributed by atoms with Crippen LogP contribution in [0.3, 0.4) is 0 Å². The second-order valence-corrected chi connectivity index (χ2v) is 8.98. The largest absolute Gasteiger partial charge is 0.310 e. The van der Waals surface area contributed by atoms with E-state index in [1.807, 2.05) is 0 Å². The predicted molar refractivity (Wildman–Crippen MR) is 121 cm³/mol. The zero-order valence-corrected chi connectivity index (χ0v) is 19.7. The monoisotopic (exact) mass is 559 g/mol. The Bertz CT molecular complexity index is 1680. The molecular weight excluding hydrogens is 551 g/mol. The van der Waals surface area contributed by atoms with Gasteiger partial charge in [-0.3, -0.25) is 4.40 Å². The van der Waals surface area contributed by atoms with E-state index < -0.39 is 47.0 Å². The minimum absolute atomic E-state index is 0.0100. The van der Waals surface area contributed by atoms with Gasteiger partial charge in [0.15, 0.2) is 33.9 Å². The minimum Gasteiger partial charge on any atom is -0.310 e. The van der Waals surface area contributed by atoms with Crippen molar-refractivity contribution in [3.63, 3.8) is 0 Å². The number of hydrogen-bond acceptors (Lipinski definition) is 4. The number of thiazole rings is 1. The van der Waals surface area contributed by atoms with Gasteiger partial charge in [-0.05, 0) is 18.2 Å². The standard InChI is InChI=1S/C22H9Cl2F6N5S/c23-9-4-11(24)20(12(25)5-9)33-22-35(7-10-15(26)17(28)19(30)18(29)16(10)27)14(8-36-22)13-6-32-21-31-2-1-3-34(13)21/h1-6,8H,7H2. The van der Waals surface area contributed by atoms with Crippen LogP contribution in [0, 0.1) is 34.9 Å². The van der Waals surface area contributed by atoms with Gasteiger partial charge in [-0.15, -0.1) is 11.3 Å². The first-order valence-corrected chi connectivity index (χ1v) is 11.5. The fourth-order valence-electron chi connectivity index (χ4n) is 3.48. The molecule has 14 heteroatoms. The van der Waals surface area contributed by atoms with E-state index in [2.05, 4.69) is 15.0 Å². The first-order chi connectivity index (χ1) is 17.2. The highest BCUT2D eigenvalue weighted by Crippen LogP contribution is 2.32. The molecule has 5 rings (SSSR count). The number of halogens is 8. The number of imidazole rings is 1. The van der Waals surface area contributed by atoms with Crippen LogP contribution in [0.25, 0.3) is 17.2 Å². The quantitative estimate of drug-likeness (QED) is 0.140. The molecule has 3 aromatic heterocycles. The Hall–Kier alpha value is -3.35. The zero-order chi connectivity index (χ0) is 25.7. The SMILES string of the molecule is Fc1cc(Cl)cc(Cl)c1N=c1scc(-c2cnc3ncccn23)n1Cc1c(F)c(F)c(F)c(F)c1F. The number of fused-ring (bicyclic) bond motifs is 1. The molecule has 0 unspecified atom stereocenters. The van der Waals surface area contributed by atoms with Crippen molar-refractivity contribution in [2.24, 2.45) is 4.99 Å². The lowest BCUT2D eigenvalue weighted by molar-refractivity contribution is 0.368. The second-order valence-electron chi connectivity index (χ2n) is 7.30. The van der Waals surface area contributed by atoms with Crippen molar-refractivity contribution in [3.05, 3.63) is 97.5 Å². The van der Waals surface area contributed by atoms with Crippen LogP contribution in [0.15, 0.2) is 47.2 Å². The van der Waals surface area contributed by atoms with Crippen molar-refractivity contribution in [2.45, 2.75) is 6.54 Å². The van der Waals surface area contributed by atoms with Crippen LogP contribution in [-0.2, 0) is 6.54 Å². The van der Waals surface area contributed by atoms with Crippen LogP contribution in [0.4, 0.5) is 32.0 Å². The molecule has 3 heterocycles. The van der Waals surface area contributed by atoms with E-state index in [0.717, 1.165) is 22.0 Å². The van der Waals surface area contributed by atoms with Crippen molar-refractivity contribution in [2.75, 3.05) is 0 Å². The third-order valence-electron chi connectivity index (χ3n) is 5.15. The van der Waals surface area contributed by atoms with Crippen molar-refractivity contribution in [3.8, 4) is 11.4 Å². The predicted octanol–water partition coefficient (Wildman–Crippen LogP) is 6.68. The maximum Gasteiger partial charge on any atom is 0.234 e. The molecule has 0 N–H and O–H groups in total. The first kappa shape index (κ1) is 24.3. The number of benzene rings is 2. The van der Waals surface area contributed by atoms with Crippen LogP contribution < -0.4 is 4.80 Å². The maximum absolute atomic E-state index is 14.6. The third kappa shape index (κ3) is 4.04. The van der Waals surface area contributed by atoms with Gasteiger partial charge < -0.3 is 4.57 Å². The molecule has 0 amide bonds. The summed E-state index contributed by atoms with van der Waals surface area (Å²) in [5.41, 5.74) is -0.849. The summed E-state index contributed by atoms with van der Waals surface area (Å²) in [7, 11) is 0. The van der Waals surface area contributed by atoms with E-state index in [9.17, 15) is 26.3 Å². The fraction of sp³-hybridized carbons (Fsp3) is 0.0455. The van der Waals surface area contributed by atoms with E-state index in [4.69, 9.17) is 23.2 Å². The normalized spacial score (nSPS) is 12.2. The lowest BCUT2D eigenvalue weighted by Gasteiger charge is -2.12. The average Bonchev–Trinajstić information content (AvgIpc) is 3.45. The Morgan fingerprint density at radius 3 is 2.28 bits per heavy atom. The van der Waals surface area contributed by atoms with Crippen molar-refractivity contribution in [1.29, 1.82) is 0 Å². The summed E-state index contributed by atoms with van der Waals surface area (Å²) in [5.74, 6) is -11.1. The number of rotatable bonds is 4. The molecule has 184 valence electrons. The zero-order valence-electron chi connectivity index (χ0n) is 17.4. The van der Waals surface area contributed by atoms with Crippen molar-refractivity contribution < 1.29 is 26.3 Å². The Kier molecular flexibility index (Phi) is 6.27. The van der Waals surface area contributed by atoms with Gasteiger partial charge in [-0.25, -0.2) is 41.3 Å². The topological polar surface area (TPSA) is 47.5 Å². The summed E-state index contributed by atoms with van der Waals surface area (Å²) in [6, 6.07) is 3.81. The molecule has 0 atom stereocenters. The summed E-state index contributed by atoms with van der Waals surface area (Å²) in [6.07, 6.45) is 4.51. The fourth-order valence-corrected chi connectivity index (χ4v) is 4.89. The first-order valence-electron chi connectivity index (χ1n) is 9.83. The molecule has 0 saturated heterocycles. The minimum atomic E-state index is -2.28. The van der Waals surface area contributed by atoms with Gasteiger partial charge in [0.2, 0.25) is 11.6 Å². The number of nitrogens with zero attached hydrogens (tertiary/aromatic N) is 5. The molecule has 5 aromatic rings. The highest BCUT2D eigenvalue weighted by molar-refractivity contribution is 7.07. The van der Waals surface area contributed by atoms with E-state index >= 15 is 0 Å². The van der Waals surface area contributed by atoms with Gasteiger partial charge in [0.25, 0.3) is 0 Å². The average molecular weight is 560 g/mol. The number of aromatic nitrogens is 4. The summed E-state index contributed by atoms with van der Waals surface area (Å²) in [6.45, 7) is -0.843. The highest BCUT2D eigenvalue weighted by Gasteiger charge is 2.27. The molecular formula is C22H9Cl2F6N5S. The molecule has 0 aliphatic rings. The molecule has 0 spiro atoms. The number of hydrogen-bond donors (Lipinski definition) is 0. The van der Waals surface area contributed by atoms with Crippen molar-refractivity contribution >= 4 is 46.0 Å². The molecule has 36 heavy (non-hydrogen) atoms. The van der Waals surface area contributed by atoms with Gasteiger partial charge in [0.05, 0.1) is 29.2 Å². The Morgan fingerprint density at radius 1 is 0.889 bits per heavy atom. The molecule has 2 aromatic carbocycles. The Labute approximate surface area is 211 Å². The Morgan fingerprint density at radius 2 is 1.58 bits per heavy atom. The lowest BCUT2D eigenvalue weighted by Crippen LogP contribution is -2.20. The van der Waals surface area contributed by atoms with Crippen LogP contribution >= 0.6 is 34.5 Å². The van der Waals surface area contributed by atoms with E-state index in [-0.39, 0.29) is 32.0 Å². The summed E-state index contributed by atoms with van der Waals surface area (Å²) in [5, 5.41) is 1.36. The van der Waals surface area contributed by atoms with Gasteiger partial charge in [-0.2, -0.15) is 0 Å². The van der Waals surface area contributed by atoms with Gasteiger partial charge in [0, 0.05) is 28.4 Å². The highest BCUT2D eigenvalue weighted by atomic mass is 35.5. The van der Waals surface area contributed by atoms with Gasteiger partial charge in [0.1, 0.15) is 5.69 Å². The van der Waals surface area contributed by atoms with Crippen molar-refractivity contribution in [1.82, 2.24) is 18.9 Å². The molecule has 0 radical (unpaired) electrons. The maximum atomic E-state index is 14.6. The molecule has 0 bridgehead atoms. The third-order valence-corrected chi connectivity index (χ3v) is 6.52. The van der Waals surface area contributed by atoms with Crippen LogP contribution in [-0.4, -0.2) is 18.9 Å². The van der Waals surface area contributed by atoms with Gasteiger partial charge in [-0.1, -0.05) is 23.2 Å². The van der Waals surface area contributed by atoms with E-state index in [0.29, 0.717) is 5.69 Å². The molecule has 0 saturated carbocycles. The van der Waals surface area contributed by atoms with Crippen LogP contribution in [0.5, 0.6) is 0 Å². The van der Waals surface area contributed by atoms with Crippen LogP contribution in [0.1, 0.15) is 5.56 Å². The Balaban J connectivity index is 1.79.